The fraction of sp³-hybridized carbons (Fsp3) is 0.929. The van der Waals surface area contributed by atoms with Crippen LogP contribution in [0.15, 0.2) is 0 Å². The zero-order valence-electron chi connectivity index (χ0n) is 11.3. The Kier molecular flexibility index (Phi) is 4.97. The third-order valence-electron chi connectivity index (χ3n) is 4.28. The molecule has 0 aromatic rings. The van der Waals surface area contributed by atoms with Crippen molar-refractivity contribution >= 4 is 6.29 Å². The van der Waals surface area contributed by atoms with Crippen LogP contribution in [0.5, 0.6) is 0 Å². The van der Waals surface area contributed by atoms with Gasteiger partial charge in [-0.05, 0) is 39.2 Å². The molecule has 16 heavy (non-hydrogen) atoms. The van der Waals surface area contributed by atoms with E-state index in [9.17, 15) is 4.79 Å². The number of carbonyl (C=O) groups is 1. The predicted octanol–water partition coefficient (Wildman–Crippen LogP) is 3.11. The molecule has 1 aliphatic rings. The lowest BCUT2D eigenvalue weighted by Crippen LogP contribution is -2.43. The number of rotatable bonds is 5. The molecule has 0 bridgehead atoms. The van der Waals surface area contributed by atoms with E-state index in [0.717, 1.165) is 25.8 Å². The molecule has 3 atom stereocenters. The van der Waals surface area contributed by atoms with Crippen LogP contribution in [-0.2, 0) is 4.79 Å². The highest BCUT2D eigenvalue weighted by Gasteiger charge is 2.36. The minimum Gasteiger partial charge on any atom is -0.303 e. The van der Waals surface area contributed by atoms with Crippen LogP contribution in [0.1, 0.15) is 52.9 Å². The second-order valence-electron chi connectivity index (χ2n) is 5.85. The minimum absolute atomic E-state index is 0.0597. The standard InChI is InChI=1S/C14H27NO/c1-5-13(3)15(4)10-14(11-16)8-6-7-12(2)9-14/h11-13H,5-10H2,1-4H3. The van der Waals surface area contributed by atoms with Gasteiger partial charge < -0.3 is 9.69 Å². The Balaban J connectivity index is 2.62. The van der Waals surface area contributed by atoms with Crippen molar-refractivity contribution in [1.29, 1.82) is 0 Å². The van der Waals surface area contributed by atoms with Crippen LogP contribution in [0.2, 0.25) is 0 Å². The minimum atomic E-state index is -0.0597. The fourth-order valence-electron chi connectivity index (χ4n) is 2.95. The van der Waals surface area contributed by atoms with E-state index >= 15 is 0 Å². The van der Waals surface area contributed by atoms with E-state index in [-0.39, 0.29) is 5.41 Å². The maximum Gasteiger partial charge on any atom is 0.127 e. The van der Waals surface area contributed by atoms with E-state index in [1.165, 1.54) is 19.1 Å². The first-order chi connectivity index (χ1) is 7.53. The topological polar surface area (TPSA) is 20.3 Å². The van der Waals surface area contributed by atoms with Crippen LogP contribution in [0, 0.1) is 11.3 Å². The number of aldehydes is 1. The molecule has 1 aliphatic carbocycles. The average molecular weight is 225 g/mol. The van der Waals surface area contributed by atoms with Crippen molar-refractivity contribution in [2.24, 2.45) is 11.3 Å². The van der Waals surface area contributed by atoms with E-state index in [1.807, 2.05) is 0 Å². The predicted molar refractivity (Wildman–Crippen MR) is 68.5 cm³/mol. The van der Waals surface area contributed by atoms with Gasteiger partial charge in [0.15, 0.2) is 0 Å². The van der Waals surface area contributed by atoms with Crippen LogP contribution in [-0.4, -0.2) is 30.8 Å². The van der Waals surface area contributed by atoms with Gasteiger partial charge in [0.25, 0.3) is 0 Å². The van der Waals surface area contributed by atoms with Crippen LogP contribution in [0.4, 0.5) is 0 Å². The van der Waals surface area contributed by atoms with Gasteiger partial charge in [-0.3, -0.25) is 0 Å². The molecule has 0 radical (unpaired) electrons. The molecule has 0 N–H and O–H groups in total. The molecule has 3 unspecified atom stereocenters. The maximum absolute atomic E-state index is 11.4. The van der Waals surface area contributed by atoms with Crippen molar-refractivity contribution in [2.75, 3.05) is 13.6 Å². The number of nitrogens with zero attached hydrogens (tertiary/aromatic N) is 1. The van der Waals surface area contributed by atoms with Gasteiger partial charge >= 0.3 is 0 Å². The van der Waals surface area contributed by atoms with Gasteiger partial charge in [-0.15, -0.1) is 0 Å². The largest absolute Gasteiger partial charge is 0.303 e. The van der Waals surface area contributed by atoms with Crippen molar-refractivity contribution in [2.45, 2.75) is 58.9 Å². The average Bonchev–Trinajstić information content (AvgIpc) is 2.27. The second kappa shape index (κ2) is 5.81. The Morgan fingerprint density at radius 2 is 2.25 bits per heavy atom. The van der Waals surface area contributed by atoms with Gasteiger partial charge in [0, 0.05) is 18.0 Å². The van der Waals surface area contributed by atoms with Crippen molar-refractivity contribution < 1.29 is 4.79 Å². The van der Waals surface area contributed by atoms with Crippen molar-refractivity contribution in [3.8, 4) is 0 Å². The molecule has 2 heteroatoms. The fourth-order valence-corrected chi connectivity index (χ4v) is 2.95. The molecule has 0 amide bonds. The molecule has 2 nitrogen and oxygen atoms in total. The molecule has 0 aliphatic heterocycles. The summed E-state index contributed by atoms with van der Waals surface area (Å²) in [5, 5.41) is 0. The second-order valence-corrected chi connectivity index (χ2v) is 5.85. The highest BCUT2D eigenvalue weighted by atomic mass is 16.1. The molecule has 0 spiro atoms. The van der Waals surface area contributed by atoms with E-state index < -0.39 is 0 Å². The van der Waals surface area contributed by atoms with Gasteiger partial charge in [-0.2, -0.15) is 0 Å². The van der Waals surface area contributed by atoms with Gasteiger partial charge in [0.1, 0.15) is 6.29 Å². The summed E-state index contributed by atoms with van der Waals surface area (Å²) >= 11 is 0. The first kappa shape index (κ1) is 13.7. The van der Waals surface area contributed by atoms with Gasteiger partial charge in [-0.1, -0.05) is 26.7 Å². The summed E-state index contributed by atoms with van der Waals surface area (Å²) < 4.78 is 0. The SMILES string of the molecule is CCC(C)N(C)CC1(C=O)CCCC(C)C1. The van der Waals surface area contributed by atoms with Crippen LogP contribution in [0.25, 0.3) is 0 Å². The zero-order chi connectivity index (χ0) is 12.2. The summed E-state index contributed by atoms with van der Waals surface area (Å²) in [6, 6.07) is 0.578. The summed E-state index contributed by atoms with van der Waals surface area (Å²) in [6.45, 7) is 7.67. The summed E-state index contributed by atoms with van der Waals surface area (Å²) in [7, 11) is 2.15. The molecule has 0 aromatic heterocycles. The third-order valence-corrected chi connectivity index (χ3v) is 4.28. The summed E-state index contributed by atoms with van der Waals surface area (Å²) in [5.41, 5.74) is -0.0597. The first-order valence-corrected chi connectivity index (χ1v) is 6.69. The highest BCUT2D eigenvalue weighted by molar-refractivity contribution is 5.60. The zero-order valence-corrected chi connectivity index (χ0v) is 11.3. The molecule has 1 fully saturated rings. The van der Waals surface area contributed by atoms with Gasteiger partial charge in [-0.25, -0.2) is 0 Å². The number of hydrogen-bond donors (Lipinski definition) is 0. The van der Waals surface area contributed by atoms with E-state index in [1.54, 1.807) is 0 Å². The van der Waals surface area contributed by atoms with E-state index in [4.69, 9.17) is 0 Å². The molecule has 1 saturated carbocycles. The summed E-state index contributed by atoms with van der Waals surface area (Å²) in [4.78, 5) is 13.8. The summed E-state index contributed by atoms with van der Waals surface area (Å²) in [6.07, 6.45) is 7.07. The molecular weight excluding hydrogens is 198 g/mol. The lowest BCUT2D eigenvalue weighted by atomic mass is 9.70. The lowest BCUT2D eigenvalue weighted by Gasteiger charge is -2.39. The molecule has 0 saturated heterocycles. The Labute approximate surface area is 100 Å². The quantitative estimate of drug-likeness (QED) is 0.670. The van der Waals surface area contributed by atoms with Crippen molar-refractivity contribution in [3.63, 3.8) is 0 Å². The van der Waals surface area contributed by atoms with Gasteiger partial charge in [0.2, 0.25) is 0 Å². The Hall–Kier alpha value is -0.370. The van der Waals surface area contributed by atoms with Crippen LogP contribution < -0.4 is 0 Å². The molecule has 0 aromatic carbocycles. The maximum atomic E-state index is 11.4. The lowest BCUT2D eigenvalue weighted by molar-refractivity contribution is -0.120. The van der Waals surface area contributed by atoms with Crippen LogP contribution >= 0.6 is 0 Å². The highest BCUT2D eigenvalue weighted by Crippen LogP contribution is 2.38. The smallest absolute Gasteiger partial charge is 0.127 e. The third kappa shape index (κ3) is 3.31. The van der Waals surface area contributed by atoms with Crippen molar-refractivity contribution in [3.05, 3.63) is 0 Å². The normalized spacial score (nSPS) is 32.7. The van der Waals surface area contributed by atoms with E-state index in [2.05, 4.69) is 32.7 Å². The molecule has 94 valence electrons. The Morgan fingerprint density at radius 3 is 2.75 bits per heavy atom. The number of carbonyl (C=O) groups excluding carboxylic acids is 1. The Morgan fingerprint density at radius 1 is 1.56 bits per heavy atom. The summed E-state index contributed by atoms with van der Waals surface area (Å²) in [5.74, 6) is 0.712. The Bertz CT molecular complexity index is 229. The monoisotopic (exact) mass is 225 g/mol. The van der Waals surface area contributed by atoms with Gasteiger partial charge in [0.05, 0.1) is 0 Å². The number of hydrogen-bond acceptors (Lipinski definition) is 2. The van der Waals surface area contributed by atoms with Crippen molar-refractivity contribution in [1.82, 2.24) is 4.90 Å². The van der Waals surface area contributed by atoms with Crippen LogP contribution in [0.3, 0.4) is 0 Å². The molecular formula is C14H27NO. The van der Waals surface area contributed by atoms with E-state index in [0.29, 0.717) is 12.0 Å². The molecule has 1 rings (SSSR count). The molecule has 0 heterocycles. The first-order valence-electron chi connectivity index (χ1n) is 6.69.